The van der Waals surface area contributed by atoms with Crippen LogP contribution in [-0.2, 0) is 16.1 Å². The van der Waals surface area contributed by atoms with E-state index in [9.17, 15) is 9.59 Å². The lowest BCUT2D eigenvalue weighted by Crippen LogP contribution is -2.50. The van der Waals surface area contributed by atoms with Crippen molar-refractivity contribution in [1.82, 2.24) is 10.2 Å². The van der Waals surface area contributed by atoms with Crippen molar-refractivity contribution in [2.45, 2.75) is 18.5 Å². The standard InChI is InChI=1S/C14H18ClN3O3/c15-11-3-1-10(2-4-11)7-17-12(19)8-18-6-5-14(16,9-18)13(20)21/h1-4H,5-9,16H2,(H,17,19)(H,20,21). The minimum absolute atomic E-state index is 0.153. The number of carbonyl (C=O) groups excluding carboxylic acids is 1. The van der Waals surface area contributed by atoms with Crippen LogP contribution in [0.2, 0.25) is 5.02 Å². The van der Waals surface area contributed by atoms with Gasteiger partial charge in [-0.3, -0.25) is 14.5 Å². The second-order valence-electron chi connectivity index (χ2n) is 5.33. The summed E-state index contributed by atoms with van der Waals surface area (Å²) in [6, 6.07) is 7.21. The van der Waals surface area contributed by atoms with Crippen LogP contribution in [-0.4, -0.2) is 47.1 Å². The van der Waals surface area contributed by atoms with Crippen molar-refractivity contribution < 1.29 is 14.7 Å². The van der Waals surface area contributed by atoms with E-state index >= 15 is 0 Å². The minimum atomic E-state index is -1.24. The molecule has 1 unspecified atom stereocenters. The molecule has 6 nitrogen and oxygen atoms in total. The van der Waals surface area contributed by atoms with Crippen LogP contribution >= 0.6 is 11.6 Å². The summed E-state index contributed by atoms with van der Waals surface area (Å²) in [5, 5.41) is 12.5. The number of nitrogens with two attached hydrogens (primary N) is 1. The van der Waals surface area contributed by atoms with Crippen LogP contribution in [0.4, 0.5) is 0 Å². The Morgan fingerprint density at radius 3 is 2.62 bits per heavy atom. The van der Waals surface area contributed by atoms with Gasteiger partial charge >= 0.3 is 5.97 Å². The first-order chi connectivity index (χ1) is 9.89. The predicted molar refractivity (Wildman–Crippen MR) is 78.9 cm³/mol. The number of carboxylic acid groups (broad SMARTS) is 1. The van der Waals surface area contributed by atoms with E-state index in [1.165, 1.54) is 0 Å². The van der Waals surface area contributed by atoms with Crippen molar-refractivity contribution >= 4 is 23.5 Å². The van der Waals surface area contributed by atoms with Crippen LogP contribution in [0, 0.1) is 0 Å². The number of rotatable bonds is 5. The summed E-state index contributed by atoms with van der Waals surface area (Å²) in [6.07, 6.45) is 0.354. The second kappa shape index (κ2) is 6.43. The van der Waals surface area contributed by atoms with Gasteiger partial charge in [-0.1, -0.05) is 23.7 Å². The molecule has 1 atom stereocenters. The number of halogens is 1. The Kier molecular flexibility index (Phi) is 4.82. The normalized spacial score (nSPS) is 22.2. The molecule has 0 aliphatic carbocycles. The number of hydrogen-bond acceptors (Lipinski definition) is 4. The van der Waals surface area contributed by atoms with Crippen molar-refractivity contribution in [1.29, 1.82) is 0 Å². The van der Waals surface area contributed by atoms with Gasteiger partial charge in [0.25, 0.3) is 0 Å². The molecular weight excluding hydrogens is 294 g/mol. The number of nitrogens with zero attached hydrogens (tertiary/aromatic N) is 1. The Bertz CT molecular complexity index is 535. The number of carboxylic acids is 1. The highest BCUT2D eigenvalue weighted by Gasteiger charge is 2.41. The van der Waals surface area contributed by atoms with E-state index in [4.69, 9.17) is 22.4 Å². The average Bonchev–Trinajstić information content (AvgIpc) is 2.81. The van der Waals surface area contributed by atoms with Crippen LogP contribution in [0.5, 0.6) is 0 Å². The molecule has 0 aromatic heterocycles. The molecule has 2 rings (SSSR count). The molecule has 1 aliphatic heterocycles. The molecule has 1 heterocycles. The summed E-state index contributed by atoms with van der Waals surface area (Å²) in [4.78, 5) is 24.6. The average molecular weight is 312 g/mol. The second-order valence-corrected chi connectivity index (χ2v) is 5.76. The first-order valence-electron chi connectivity index (χ1n) is 6.65. The number of carbonyl (C=O) groups is 2. The van der Waals surface area contributed by atoms with Gasteiger partial charge in [0.1, 0.15) is 5.54 Å². The molecule has 1 amide bonds. The number of benzene rings is 1. The zero-order valence-corrected chi connectivity index (χ0v) is 12.3. The maximum absolute atomic E-state index is 11.9. The highest BCUT2D eigenvalue weighted by Crippen LogP contribution is 2.18. The molecule has 0 spiro atoms. The van der Waals surface area contributed by atoms with Crippen molar-refractivity contribution in [2.24, 2.45) is 5.73 Å². The zero-order chi connectivity index (χ0) is 15.5. The van der Waals surface area contributed by atoms with E-state index in [0.29, 0.717) is 24.5 Å². The third-order valence-corrected chi connectivity index (χ3v) is 3.83. The van der Waals surface area contributed by atoms with Crippen LogP contribution in [0.1, 0.15) is 12.0 Å². The van der Waals surface area contributed by atoms with E-state index in [-0.39, 0.29) is 19.0 Å². The minimum Gasteiger partial charge on any atom is -0.480 e. The SMILES string of the molecule is NC1(C(=O)O)CCN(CC(=O)NCc2ccc(Cl)cc2)C1. The van der Waals surface area contributed by atoms with Crippen LogP contribution < -0.4 is 11.1 Å². The molecule has 4 N–H and O–H groups in total. The lowest BCUT2D eigenvalue weighted by molar-refractivity contribution is -0.143. The lowest BCUT2D eigenvalue weighted by atomic mass is 10.0. The number of amides is 1. The molecule has 0 saturated carbocycles. The monoisotopic (exact) mass is 311 g/mol. The van der Waals surface area contributed by atoms with Gasteiger partial charge in [0, 0.05) is 24.7 Å². The fraction of sp³-hybridized carbons (Fsp3) is 0.429. The van der Waals surface area contributed by atoms with E-state index in [0.717, 1.165) is 5.56 Å². The van der Waals surface area contributed by atoms with Crippen molar-refractivity contribution in [3.8, 4) is 0 Å². The first kappa shape index (κ1) is 15.8. The topological polar surface area (TPSA) is 95.7 Å². The molecular formula is C14H18ClN3O3. The third-order valence-electron chi connectivity index (χ3n) is 3.58. The lowest BCUT2D eigenvalue weighted by Gasteiger charge is -2.19. The molecule has 1 aromatic rings. The van der Waals surface area contributed by atoms with Crippen molar-refractivity contribution in [3.63, 3.8) is 0 Å². The van der Waals surface area contributed by atoms with E-state index in [1.807, 2.05) is 12.1 Å². The third kappa shape index (κ3) is 4.17. The van der Waals surface area contributed by atoms with Gasteiger partial charge in [-0.2, -0.15) is 0 Å². The van der Waals surface area contributed by atoms with Gasteiger partial charge in [0.05, 0.1) is 6.54 Å². The highest BCUT2D eigenvalue weighted by atomic mass is 35.5. The Balaban J connectivity index is 1.78. The maximum atomic E-state index is 11.9. The molecule has 114 valence electrons. The fourth-order valence-electron chi connectivity index (χ4n) is 2.29. The van der Waals surface area contributed by atoms with Gasteiger partial charge in [0.2, 0.25) is 5.91 Å². The summed E-state index contributed by atoms with van der Waals surface area (Å²) < 4.78 is 0. The molecule has 21 heavy (non-hydrogen) atoms. The first-order valence-corrected chi connectivity index (χ1v) is 7.03. The van der Waals surface area contributed by atoms with Crippen molar-refractivity contribution in [2.75, 3.05) is 19.6 Å². The van der Waals surface area contributed by atoms with Gasteiger partial charge in [0.15, 0.2) is 0 Å². The van der Waals surface area contributed by atoms with Gasteiger partial charge in [-0.15, -0.1) is 0 Å². The Hall–Kier alpha value is -1.63. The quantitative estimate of drug-likeness (QED) is 0.733. The highest BCUT2D eigenvalue weighted by molar-refractivity contribution is 6.30. The molecule has 1 aromatic carbocycles. The largest absolute Gasteiger partial charge is 0.480 e. The number of hydrogen-bond donors (Lipinski definition) is 3. The molecule has 7 heteroatoms. The van der Waals surface area contributed by atoms with Gasteiger partial charge in [-0.05, 0) is 24.1 Å². The smallest absolute Gasteiger partial charge is 0.325 e. The van der Waals surface area contributed by atoms with Crippen LogP contribution in [0.15, 0.2) is 24.3 Å². The van der Waals surface area contributed by atoms with Gasteiger partial charge in [-0.25, -0.2) is 0 Å². The molecule has 1 fully saturated rings. The number of nitrogens with one attached hydrogen (secondary N) is 1. The van der Waals surface area contributed by atoms with E-state index in [1.54, 1.807) is 17.0 Å². The summed E-state index contributed by atoms with van der Waals surface area (Å²) in [7, 11) is 0. The number of aliphatic carboxylic acids is 1. The zero-order valence-electron chi connectivity index (χ0n) is 11.5. The maximum Gasteiger partial charge on any atom is 0.325 e. The van der Waals surface area contributed by atoms with Crippen LogP contribution in [0.3, 0.4) is 0 Å². The van der Waals surface area contributed by atoms with E-state index in [2.05, 4.69) is 5.32 Å². The Labute approximate surface area is 127 Å². The molecule has 0 radical (unpaired) electrons. The molecule has 0 bridgehead atoms. The summed E-state index contributed by atoms with van der Waals surface area (Å²) in [5.41, 5.74) is 5.47. The Morgan fingerprint density at radius 1 is 1.38 bits per heavy atom. The van der Waals surface area contributed by atoms with Crippen molar-refractivity contribution in [3.05, 3.63) is 34.9 Å². The van der Waals surface area contributed by atoms with Crippen LogP contribution in [0.25, 0.3) is 0 Å². The predicted octanol–water partition coefficient (Wildman–Crippen LogP) is 0.444. The molecule has 1 saturated heterocycles. The number of likely N-dealkylation sites (tertiary alicyclic amines) is 1. The summed E-state index contributed by atoms with van der Waals surface area (Å²) in [5.74, 6) is -1.17. The summed E-state index contributed by atoms with van der Waals surface area (Å²) in [6.45, 7) is 1.27. The fourth-order valence-corrected chi connectivity index (χ4v) is 2.41. The van der Waals surface area contributed by atoms with Gasteiger partial charge < -0.3 is 16.2 Å². The van der Waals surface area contributed by atoms with E-state index < -0.39 is 11.5 Å². The Morgan fingerprint density at radius 2 is 2.05 bits per heavy atom. The summed E-state index contributed by atoms with van der Waals surface area (Å²) >= 11 is 5.79. The molecule has 1 aliphatic rings.